The number of anilines is 1. The summed E-state index contributed by atoms with van der Waals surface area (Å²) in [5.41, 5.74) is 0. The van der Waals surface area contributed by atoms with Crippen LogP contribution in [0.2, 0.25) is 0 Å². The topological polar surface area (TPSA) is 45.1 Å². The van der Waals surface area contributed by atoms with Crippen molar-refractivity contribution >= 4 is 32.4 Å². The Balaban J connectivity index is 1.89. The molecule has 0 radical (unpaired) electrons. The predicted molar refractivity (Wildman–Crippen MR) is 52.4 cm³/mol. The van der Waals surface area contributed by atoms with Gasteiger partial charge in [-0.3, -0.25) is 0 Å². The van der Waals surface area contributed by atoms with Crippen LogP contribution in [0.1, 0.15) is 6.42 Å². The first kappa shape index (κ1) is 8.47. The minimum atomic E-state index is 0.282. The summed E-state index contributed by atoms with van der Waals surface area (Å²) >= 11 is 4.92. The first-order valence-corrected chi connectivity index (χ1v) is 5.39. The Hall–Kier alpha value is -0.130. The molecule has 1 fully saturated rings. The summed E-state index contributed by atoms with van der Waals surface area (Å²) in [7, 11) is 0. The zero-order valence-corrected chi connectivity index (χ0v) is 8.73. The molecule has 3 nitrogen and oxygen atoms in total. The second kappa shape index (κ2) is 3.32. The van der Waals surface area contributed by atoms with Gasteiger partial charge in [-0.1, -0.05) is 11.3 Å². The highest BCUT2D eigenvalue weighted by molar-refractivity contribution is 9.11. The van der Waals surface area contributed by atoms with E-state index in [1.54, 1.807) is 17.5 Å². The fourth-order valence-corrected chi connectivity index (χ4v) is 2.27. The second-order valence-electron chi connectivity index (χ2n) is 2.90. The fourth-order valence-electron chi connectivity index (χ4n) is 1.11. The maximum atomic E-state index is 8.79. The van der Waals surface area contributed by atoms with Crippen LogP contribution in [0.15, 0.2) is 9.98 Å². The van der Waals surface area contributed by atoms with Crippen molar-refractivity contribution in [1.29, 1.82) is 0 Å². The van der Waals surface area contributed by atoms with Crippen molar-refractivity contribution in [3.63, 3.8) is 0 Å². The Kier molecular flexibility index (Phi) is 2.34. The summed E-state index contributed by atoms with van der Waals surface area (Å²) in [6.45, 7) is 0.282. The van der Waals surface area contributed by atoms with E-state index in [-0.39, 0.29) is 6.61 Å². The van der Waals surface area contributed by atoms with Gasteiger partial charge >= 0.3 is 0 Å². The molecule has 2 rings (SSSR count). The minimum Gasteiger partial charge on any atom is -0.396 e. The smallest absolute Gasteiger partial charge is 0.183 e. The molecule has 1 aliphatic carbocycles. The number of aliphatic hydroxyl groups is 1. The van der Waals surface area contributed by atoms with E-state index in [2.05, 4.69) is 26.2 Å². The van der Waals surface area contributed by atoms with Crippen molar-refractivity contribution in [2.24, 2.45) is 5.92 Å². The molecule has 1 aromatic heterocycles. The third-order valence-corrected chi connectivity index (χ3v) is 3.35. The van der Waals surface area contributed by atoms with E-state index in [4.69, 9.17) is 5.11 Å². The number of aromatic nitrogens is 1. The summed E-state index contributed by atoms with van der Waals surface area (Å²) in [5, 5.41) is 13.0. The Bertz CT molecular complexity index is 278. The summed E-state index contributed by atoms with van der Waals surface area (Å²) in [5.74, 6) is 0.438. The number of hydrogen-bond donors (Lipinski definition) is 2. The molecular weight excluding hydrogens is 240 g/mol. The molecule has 1 saturated carbocycles. The van der Waals surface area contributed by atoms with Gasteiger partial charge in [0.15, 0.2) is 5.13 Å². The zero-order chi connectivity index (χ0) is 8.55. The molecule has 5 heteroatoms. The van der Waals surface area contributed by atoms with Gasteiger partial charge in [0.2, 0.25) is 0 Å². The van der Waals surface area contributed by atoms with Crippen molar-refractivity contribution in [3.05, 3.63) is 9.98 Å². The van der Waals surface area contributed by atoms with Crippen molar-refractivity contribution in [1.82, 2.24) is 4.98 Å². The van der Waals surface area contributed by atoms with E-state index in [1.165, 1.54) is 0 Å². The van der Waals surface area contributed by atoms with Gasteiger partial charge in [0.25, 0.3) is 0 Å². The van der Waals surface area contributed by atoms with Crippen molar-refractivity contribution in [2.45, 2.75) is 12.5 Å². The number of aliphatic hydroxyl groups excluding tert-OH is 1. The Morgan fingerprint density at radius 2 is 2.67 bits per heavy atom. The monoisotopic (exact) mass is 248 g/mol. The SMILES string of the molecule is OC[C@@H]1C[C@H]1Nc1ncc(Br)s1. The number of hydrogen-bond acceptors (Lipinski definition) is 4. The van der Waals surface area contributed by atoms with Crippen LogP contribution < -0.4 is 5.32 Å². The number of thiazole rings is 1. The molecule has 66 valence electrons. The Labute approximate surface area is 83.0 Å². The molecule has 0 aromatic carbocycles. The highest BCUT2D eigenvalue weighted by atomic mass is 79.9. The van der Waals surface area contributed by atoms with E-state index in [0.29, 0.717) is 12.0 Å². The van der Waals surface area contributed by atoms with Crippen LogP contribution >= 0.6 is 27.3 Å². The van der Waals surface area contributed by atoms with E-state index < -0.39 is 0 Å². The van der Waals surface area contributed by atoms with Gasteiger partial charge in [-0.05, 0) is 22.4 Å². The molecule has 2 atom stereocenters. The van der Waals surface area contributed by atoms with Gasteiger partial charge in [0, 0.05) is 18.6 Å². The molecule has 0 unspecified atom stereocenters. The van der Waals surface area contributed by atoms with Crippen LogP contribution in [0.4, 0.5) is 5.13 Å². The van der Waals surface area contributed by atoms with Gasteiger partial charge in [-0.15, -0.1) is 0 Å². The van der Waals surface area contributed by atoms with E-state index in [9.17, 15) is 0 Å². The van der Waals surface area contributed by atoms with E-state index in [1.807, 2.05) is 0 Å². The second-order valence-corrected chi connectivity index (χ2v) is 5.31. The predicted octanol–water partition coefficient (Wildman–Crippen LogP) is 1.70. The lowest BCUT2D eigenvalue weighted by molar-refractivity contribution is 0.275. The lowest BCUT2D eigenvalue weighted by Crippen LogP contribution is -2.05. The van der Waals surface area contributed by atoms with Crippen LogP contribution in [0.3, 0.4) is 0 Å². The van der Waals surface area contributed by atoms with E-state index >= 15 is 0 Å². The van der Waals surface area contributed by atoms with E-state index in [0.717, 1.165) is 15.3 Å². The standard InChI is InChI=1S/C7H9BrN2OS/c8-6-2-9-7(12-6)10-5-1-4(5)3-11/h2,4-5,11H,1,3H2,(H,9,10)/t4-,5+/m0/s1. The maximum Gasteiger partial charge on any atom is 0.183 e. The molecule has 2 N–H and O–H groups in total. The highest BCUT2D eigenvalue weighted by Gasteiger charge is 2.36. The average molecular weight is 249 g/mol. The molecule has 0 bridgehead atoms. The van der Waals surface area contributed by atoms with Crippen molar-refractivity contribution < 1.29 is 5.11 Å². The molecule has 0 spiro atoms. The number of nitrogens with zero attached hydrogens (tertiary/aromatic N) is 1. The third kappa shape index (κ3) is 1.78. The molecule has 0 amide bonds. The first-order chi connectivity index (χ1) is 5.79. The molecule has 12 heavy (non-hydrogen) atoms. The average Bonchev–Trinajstić information content (AvgIpc) is 2.67. The van der Waals surface area contributed by atoms with Gasteiger partial charge in [0.1, 0.15) is 0 Å². The Morgan fingerprint density at radius 1 is 1.83 bits per heavy atom. The summed E-state index contributed by atoms with van der Waals surface area (Å²) in [4.78, 5) is 4.14. The van der Waals surface area contributed by atoms with Crippen molar-refractivity contribution in [3.8, 4) is 0 Å². The molecule has 0 saturated heterocycles. The molecule has 1 aliphatic rings. The van der Waals surface area contributed by atoms with Crippen molar-refractivity contribution in [2.75, 3.05) is 11.9 Å². The summed E-state index contributed by atoms with van der Waals surface area (Å²) in [6.07, 6.45) is 2.84. The molecule has 1 aromatic rings. The maximum absolute atomic E-state index is 8.79. The lowest BCUT2D eigenvalue weighted by atomic mass is 10.4. The van der Waals surface area contributed by atoms with Gasteiger partial charge < -0.3 is 10.4 Å². The third-order valence-electron chi connectivity index (χ3n) is 1.94. The van der Waals surface area contributed by atoms with Gasteiger partial charge in [-0.2, -0.15) is 0 Å². The number of nitrogens with one attached hydrogen (secondary N) is 1. The van der Waals surface area contributed by atoms with Gasteiger partial charge in [-0.25, -0.2) is 4.98 Å². The van der Waals surface area contributed by atoms with Crippen LogP contribution in [-0.2, 0) is 0 Å². The Morgan fingerprint density at radius 3 is 3.17 bits per heavy atom. The molecule has 0 aliphatic heterocycles. The number of rotatable bonds is 3. The largest absolute Gasteiger partial charge is 0.396 e. The van der Waals surface area contributed by atoms with Crippen LogP contribution in [0.25, 0.3) is 0 Å². The normalized spacial score (nSPS) is 27.2. The molecule has 1 heterocycles. The summed E-state index contributed by atoms with van der Waals surface area (Å²) in [6, 6.07) is 0.438. The van der Waals surface area contributed by atoms with Crippen LogP contribution in [-0.4, -0.2) is 22.7 Å². The molecular formula is C7H9BrN2OS. The van der Waals surface area contributed by atoms with Crippen LogP contribution in [0.5, 0.6) is 0 Å². The zero-order valence-electron chi connectivity index (χ0n) is 6.33. The lowest BCUT2D eigenvalue weighted by Gasteiger charge is -1.97. The fraction of sp³-hybridized carbons (Fsp3) is 0.571. The van der Waals surface area contributed by atoms with Crippen LogP contribution in [0, 0.1) is 5.92 Å². The van der Waals surface area contributed by atoms with Gasteiger partial charge in [0.05, 0.1) is 9.98 Å². The summed E-state index contributed by atoms with van der Waals surface area (Å²) < 4.78 is 1.03. The highest BCUT2D eigenvalue weighted by Crippen LogP contribution is 2.34. The first-order valence-electron chi connectivity index (χ1n) is 3.78. The minimum absolute atomic E-state index is 0.282. The quantitative estimate of drug-likeness (QED) is 0.856. The number of halogens is 1.